The fourth-order valence-electron chi connectivity index (χ4n) is 1.81. The molecule has 0 amide bonds. The first-order valence-corrected chi connectivity index (χ1v) is 5.90. The first-order valence-electron chi connectivity index (χ1n) is 5.90. The number of nitrogens with zero attached hydrogens (tertiary/aromatic N) is 1. The second-order valence-electron chi connectivity index (χ2n) is 4.10. The van der Waals surface area contributed by atoms with Gasteiger partial charge in [-0.3, -0.25) is 0 Å². The van der Waals surface area contributed by atoms with Gasteiger partial charge in [0.25, 0.3) is 0 Å². The molecule has 92 valence electrons. The zero-order valence-electron chi connectivity index (χ0n) is 10.3. The SMILES string of the molecule is CCOC(CN)Cc1nc2ccc(C)cc2o1. The molecule has 0 bridgehead atoms. The van der Waals surface area contributed by atoms with Crippen molar-refractivity contribution < 1.29 is 9.15 Å². The van der Waals surface area contributed by atoms with E-state index in [1.54, 1.807) is 0 Å². The third kappa shape index (κ3) is 2.84. The van der Waals surface area contributed by atoms with E-state index < -0.39 is 0 Å². The van der Waals surface area contributed by atoms with Crippen LogP contribution in [-0.4, -0.2) is 24.2 Å². The summed E-state index contributed by atoms with van der Waals surface area (Å²) in [6.07, 6.45) is 0.604. The van der Waals surface area contributed by atoms with Crippen LogP contribution in [0, 0.1) is 6.92 Å². The smallest absolute Gasteiger partial charge is 0.198 e. The Morgan fingerprint density at radius 1 is 1.47 bits per heavy atom. The molecular formula is C13H18N2O2. The molecule has 0 aliphatic rings. The van der Waals surface area contributed by atoms with Crippen molar-refractivity contribution in [3.63, 3.8) is 0 Å². The first kappa shape index (κ1) is 12.1. The maximum absolute atomic E-state index is 5.68. The molecule has 0 radical (unpaired) electrons. The van der Waals surface area contributed by atoms with Gasteiger partial charge in [0, 0.05) is 13.2 Å². The van der Waals surface area contributed by atoms with Crippen LogP contribution in [0.15, 0.2) is 22.6 Å². The van der Waals surface area contributed by atoms with Crippen molar-refractivity contribution in [2.24, 2.45) is 5.73 Å². The topological polar surface area (TPSA) is 61.3 Å². The molecule has 4 heteroatoms. The lowest BCUT2D eigenvalue weighted by atomic mass is 10.2. The molecule has 0 fully saturated rings. The average Bonchev–Trinajstić information content (AvgIpc) is 2.69. The monoisotopic (exact) mass is 234 g/mol. The minimum atomic E-state index is -0.0193. The Hall–Kier alpha value is -1.39. The van der Waals surface area contributed by atoms with E-state index in [1.165, 1.54) is 5.56 Å². The van der Waals surface area contributed by atoms with Crippen molar-refractivity contribution in [3.8, 4) is 0 Å². The number of benzene rings is 1. The molecular weight excluding hydrogens is 216 g/mol. The highest BCUT2D eigenvalue weighted by molar-refractivity contribution is 5.73. The van der Waals surface area contributed by atoms with E-state index in [0.717, 1.165) is 11.1 Å². The van der Waals surface area contributed by atoms with E-state index in [2.05, 4.69) is 4.98 Å². The zero-order valence-corrected chi connectivity index (χ0v) is 10.3. The summed E-state index contributed by atoms with van der Waals surface area (Å²) in [5.74, 6) is 0.689. The molecule has 17 heavy (non-hydrogen) atoms. The van der Waals surface area contributed by atoms with Gasteiger partial charge in [0.2, 0.25) is 0 Å². The van der Waals surface area contributed by atoms with Gasteiger partial charge in [-0.05, 0) is 31.5 Å². The molecule has 1 unspecified atom stereocenters. The number of oxazole rings is 1. The predicted molar refractivity (Wildman–Crippen MR) is 66.9 cm³/mol. The minimum absolute atomic E-state index is 0.0193. The first-order chi connectivity index (χ1) is 8.22. The Morgan fingerprint density at radius 2 is 2.29 bits per heavy atom. The summed E-state index contributed by atoms with van der Waals surface area (Å²) in [5, 5.41) is 0. The number of nitrogens with two attached hydrogens (primary N) is 1. The van der Waals surface area contributed by atoms with Crippen molar-refractivity contribution in [3.05, 3.63) is 29.7 Å². The normalized spacial score (nSPS) is 13.1. The Kier molecular flexibility index (Phi) is 3.76. The molecule has 2 rings (SSSR count). The second kappa shape index (κ2) is 5.29. The summed E-state index contributed by atoms with van der Waals surface area (Å²) in [5.41, 5.74) is 8.51. The summed E-state index contributed by atoms with van der Waals surface area (Å²) in [6, 6.07) is 5.98. The average molecular weight is 234 g/mol. The standard InChI is InChI=1S/C13H18N2O2/c1-3-16-10(8-14)7-13-15-11-5-4-9(2)6-12(11)17-13/h4-6,10H,3,7-8,14H2,1-2H3. The van der Waals surface area contributed by atoms with Crippen LogP contribution in [0.2, 0.25) is 0 Å². The highest BCUT2D eigenvalue weighted by atomic mass is 16.5. The molecule has 1 aromatic heterocycles. The third-order valence-corrected chi connectivity index (χ3v) is 2.66. The maximum atomic E-state index is 5.68. The van der Waals surface area contributed by atoms with Gasteiger partial charge in [-0.25, -0.2) is 4.98 Å². The van der Waals surface area contributed by atoms with Crippen LogP contribution >= 0.6 is 0 Å². The lowest BCUT2D eigenvalue weighted by Gasteiger charge is -2.11. The molecule has 0 aliphatic heterocycles. The van der Waals surface area contributed by atoms with E-state index in [4.69, 9.17) is 14.9 Å². The molecule has 0 spiro atoms. The molecule has 1 atom stereocenters. The number of aryl methyl sites for hydroxylation is 1. The number of hydrogen-bond donors (Lipinski definition) is 1. The van der Waals surface area contributed by atoms with Gasteiger partial charge in [-0.2, -0.15) is 0 Å². The number of rotatable bonds is 5. The Labute approximate surface area is 101 Å². The van der Waals surface area contributed by atoms with Gasteiger partial charge in [-0.1, -0.05) is 6.07 Å². The Morgan fingerprint density at radius 3 is 3.00 bits per heavy atom. The van der Waals surface area contributed by atoms with Gasteiger partial charge in [0.1, 0.15) is 5.52 Å². The van der Waals surface area contributed by atoms with Crippen molar-refractivity contribution in [2.45, 2.75) is 26.4 Å². The molecule has 1 aromatic carbocycles. The van der Waals surface area contributed by atoms with E-state index in [1.807, 2.05) is 32.0 Å². The van der Waals surface area contributed by atoms with Crippen LogP contribution in [0.25, 0.3) is 11.1 Å². The largest absolute Gasteiger partial charge is 0.441 e. The molecule has 0 aliphatic carbocycles. The molecule has 4 nitrogen and oxygen atoms in total. The van der Waals surface area contributed by atoms with Crippen molar-refractivity contribution >= 4 is 11.1 Å². The van der Waals surface area contributed by atoms with Crippen molar-refractivity contribution in [1.82, 2.24) is 4.98 Å². The molecule has 0 saturated heterocycles. The van der Waals surface area contributed by atoms with Crippen LogP contribution < -0.4 is 5.73 Å². The minimum Gasteiger partial charge on any atom is -0.441 e. The van der Waals surface area contributed by atoms with Crippen molar-refractivity contribution in [2.75, 3.05) is 13.2 Å². The second-order valence-corrected chi connectivity index (χ2v) is 4.10. The summed E-state index contributed by atoms with van der Waals surface area (Å²) in [7, 11) is 0. The summed E-state index contributed by atoms with van der Waals surface area (Å²) >= 11 is 0. The number of aromatic nitrogens is 1. The van der Waals surface area contributed by atoms with Crippen LogP contribution in [-0.2, 0) is 11.2 Å². The highest BCUT2D eigenvalue weighted by Gasteiger charge is 2.12. The maximum Gasteiger partial charge on any atom is 0.198 e. The van der Waals surface area contributed by atoms with Crippen LogP contribution in [0.3, 0.4) is 0 Å². The lowest BCUT2D eigenvalue weighted by Crippen LogP contribution is -2.26. The fraction of sp³-hybridized carbons (Fsp3) is 0.462. The third-order valence-electron chi connectivity index (χ3n) is 2.66. The van der Waals surface area contributed by atoms with Gasteiger partial charge in [-0.15, -0.1) is 0 Å². The van der Waals surface area contributed by atoms with Gasteiger partial charge in [0.05, 0.1) is 12.5 Å². The van der Waals surface area contributed by atoms with Gasteiger partial charge >= 0.3 is 0 Å². The quantitative estimate of drug-likeness (QED) is 0.860. The van der Waals surface area contributed by atoms with E-state index >= 15 is 0 Å². The number of hydrogen-bond acceptors (Lipinski definition) is 4. The Bertz CT molecular complexity index is 493. The predicted octanol–water partition coefficient (Wildman–Crippen LogP) is 2.04. The lowest BCUT2D eigenvalue weighted by molar-refractivity contribution is 0.0651. The molecule has 2 N–H and O–H groups in total. The molecule has 0 saturated carbocycles. The molecule has 2 aromatic rings. The van der Waals surface area contributed by atoms with E-state index in [0.29, 0.717) is 25.5 Å². The van der Waals surface area contributed by atoms with Crippen LogP contribution in [0.5, 0.6) is 0 Å². The van der Waals surface area contributed by atoms with Crippen molar-refractivity contribution in [1.29, 1.82) is 0 Å². The molecule has 1 heterocycles. The number of fused-ring (bicyclic) bond motifs is 1. The van der Waals surface area contributed by atoms with E-state index in [9.17, 15) is 0 Å². The fourth-order valence-corrected chi connectivity index (χ4v) is 1.81. The summed E-state index contributed by atoms with van der Waals surface area (Å²) < 4.78 is 11.2. The van der Waals surface area contributed by atoms with E-state index in [-0.39, 0.29) is 6.10 Å². The summed E-state index contributed by atoms with van der Waals surface area (Å²) in [4.78, 5) is 4.42. The highest BCUT2D eigenvalue weighted by Crippen LogP contribution is 2.18. The zero-order chi connectivity index (χ0) is 12.3. The number of ether oxygens (including phenoxy) is 1. The Balaban J connectivity index is 2.18. The van der Waals surface area contributed by atoms with Crippen LogP contribution in [0.1, 0.15) is 18.4 Å². The van der Waals surface area contributed by atoms with Gasteiger partial charge in [0.15, 0.2) is 11.5 Å². The van der Waals surface area contributed by atoms with Gasteiger partial charge < -0.3 is 14.9 Å². The van der Waals surface area contributed by atoms with Crippen LogP contribution in [0.4, 0.5) is 0 Å². The summed E-state index contributed by atoms with van der Waals surface area (Å²) in [6.45, 7) is 5.12.